The van der Waals surface area contributed by atoms with Gasteiger partial charge in [-0.15, -0.1) is 0 Å². The Morgan fingerprint density at radius 1 is 0.931 bits per heavy atom. The molecule has 0 saturated heterocycles. The molecule has 6 heteroatoms. The highest BCUT2D eigenvalue weighted by Gasteiger charge is 2.30. The molecule has 0 spiro atoms. The number of hydrogen-bond acceptors (Lipinski definition) is 5. The number of benzene rings is 2. The number of fused-ring (bicyclic) bond motifs is 1. The van der Waals surface area contributed by atoms with Crippen LogP contribution in [0.4, 0.5) is 11.6 Å². The Balaban J connectivity index is 1.67. The zero-order chi connectivity index (χ0) is 19.8. The standard InChI is InChI=1S/C23H19N5O/c24-21-22(28-23(29)15-8-9-15)27-20(19(26-21)14-5-2-1-3-6-14)17-10-11-18-16(13-17)7-4-12-25-18/h1-7,10-13,15H,8-9H2,(H2,24,26)(H,27,28,29). The van der Waals surface area contributed by atoms with E-state index in [1.165, 1.54) is 0 Å². The number of hydrogen-bond donors (Lipinski definition) is 2. The van der Waals surface area contributed by atoms with E-state index in [0.717, 1.165) is 34.9 Å². The van der Waals surface area contributed by atoms with Crippen molar-refractivity contribution in [1.29, 1.82) is 0 Å². The van der Waals surface area contributed by atoms with Crippen molar-refractivity contribution < 1.29 is 4.79 Å². The number of nitrogen functional groups attached to an aromatic ring is 1. The topological polar surface area (TPSA) is 93.8 Å². The number of aromatic nitrogens is 3. The zero-order valence-electron chi connectivity index (χ0n) is 15.7. The number of carbonyl (C=O) groups excluding carboxylic acids is 1. The second kappa shape index (κ2) is 6.98. The minimum absolute atomic E-state index is 0.0490. The van der Waals surface area contributed by atoms with E-state index in [9.17, 15) is 4.79 Å². The largest absolute Gasteiger partial charge is 0.381 e. The SMILES string of the molecule is Nc1nc(-c2ccccc2)c(-c2ccc3ncccc3c2)nc1NC(=O)C1CC1. The molecule has 0 aliphatic heterocycles. The van der Waals surface area contributed by atoms with E-state index in [2.05, 4.69) is 15.3 Å². The molecule has 142 valence electrons. The van der Waals surface area contributed by atoms with Crippen LogP contribution in [0.25, 0.3) is 33.4 Å². The summed E-state index contributed by atoms with van der Waals surface area (Å²) in [5, 5.41) is 3.85. The summed E-state index contributed by atoms with van der Waals surface area (Å²) in [5.41, 5.74) is 10.2. The number of amides is 1. The van der Waals surface area contributed by atoms with E-state index < -0.39 is 0 Å². The molecule has 0 radical (unpaired) electrons. The van der Waals surface area contributed by atoms with Crippen molar-refractivity contribution in [2.24, 2.45) is 5.92 Å². The van der Waals surface area contributed by atoms with Crippen LogP contribution < -0.4 is 11.1 Å². The molecule has 0 atom stereocenters. The highest BCUT2D eigenvalue weighted by Crippen LogP contribution is 2.35. The molecule has 1 saturated carbocycles. The second-order valence-electron chi connectivity index (χ2n) is 7.20. The summed E-state index contributed by atoms with van der Waals surface area (Å²) in [6, 6.07) is 19.7. The summed E-state index contributed by atoms with van der Waals surface area (Å²) in [6.45, 7) is 0. The molecule has 2 aromatic carbocycles. The first-order chi connectivity index (χ1) is 14.2. The molecule has 3 N–H and O–H groups in total. The number of pyridine rings is 1. The molecule has 1 aliphatic rings. The fourth-order valence-electron chi connectivity index (χ4n) is 3.33. The van der Waals surface area contributed by atoms with Crippen LogP contribution in [-0.4, -0.2) is 20.9 Å². The lowest BCUT2D eigenvalue weighted by molar-refractivity contribution is -0.117. The Labute approximate surface area is 167 Å². The number of nitrogens with zero attached hydrogens (tertiary/aromatic N) is 3. The number of rotatable bonds is 4. The summed E-state index contributed by atoms with van der Waals surface area (Å²) >= 11 is 0. The van der Waals surface area contributed by atoms with Gasteiger partial charge in [0, 0.05) is 28.6 Å². The first kappa shape index (κ1) is 17.3. The predicted octanol–water partition coefficient (Wildman–Crippen LogP) is 4.29. The van der Waals surface area contributed by atoms with Gasteiger partial charge in [0.25, 0.3) is 0 Å². The van der Waals surface area contributed by atoms with Gasteiger partial charge >= 0.3 is 0 Å². The molecule has 1 aliphatic carbocycles. The molecular weight excluding hydrogens is 362 g/mol. The fourth-order valence-corrected chi connectivity index (χ4v) is 3.33. The van der Waals surface area contributed by atoms with Gasteiger partial charge in [0.05, 0.1) is 16.9 Å². The smallest absolute Gasteiger partial charge is 0.228 e. The van der Waals surface area contributed by atoms with Crippen molar-refractivity contribution in [3.63, 3.8) is 0 Å². The number of anilines is 2. The molecule has 0 bridgehead atoms. The molecule has 2 aromatic heterocycles. The van der Waals surface area contributed by atoms with Crippen molar-refractivity contribution in [3.8, 4) is 22.5 Å². The second-order valence-corrected chi connectivity index (χ2v) is 7.20. The molecule has 1 amide bonds. The minimum Gasteiger partial charge on any atom is -0.381 e. The molecular formula is C23H19N5O. The Morgan fingerprint density at radius 3 is 2.52 bits per heavy atom. The van der Waals surface area contributed by atoms with Crippen LogP contribution in [0.5, 0.6) is 0 Å². The highest BCUT2D eigenvalue weighted by molar-refractivity contribution is 5.96. The van der Waals surface area contributed by atoms with Crippen LogP contribution in [-0.2, 0) is 4.79 Å². The van der Waals surface area contributed by atoms with Gasteiger partial charge in [-0.25, -0.2) is 9.97 Å². The first-order valence-corrected chi connectivity index (χ1v) is 9.58. The van der Waals surface area contributed by atoms with Gasteiger partial charge in [0.2, 0.25) is 5.91 Å². The Bertz CT molecular complexity index is 1220. The van der Waals surface area contributed by atoms with Crippen molar-refractivity contribution >= 4 is 28.4 Å². The lowest BCUT2D eigenvalue weighted by Crippen LogP contribution is -2.17. The van der Waals surface area contributed by atoms with Gasteiger partial charge in [-0.3, -0.25) is 9.78 Å². The quantitative estimate of drug-likeness (QED) is 0.550. The number of nitrogens with one attached hydrogen (secondary N) is 1. The summed E-state index contributed by atoms with van der Waals surface area (Å²) in [7, 11) is 0. The molecule has 2 heterocycles. The van der Waals surface area contributed by atoms with Gasteiger partial charge in [0.1, 0.15) is 0 Å². The molecule has 1 fully saturated rings. The predicted molar refractivity (Wildman–Crippen MR) is 114 cm³/mol. The average Bonchev–Trinajstić information content (AvgIpc) is 3.61. The summed E-state index contributed by atoms with van der Waals surface area (Å²) in [4.78, 5) is 26.0. The van der Waals surface area contributed by atoms with E-state index in [1.54, 1.807) is 6.20 Å². The number of carbonyl (C=O) groups is 1. The molecule has 4 aromatic rings. The zero-order valence-corrected chi connectivity index (χ0v) is 15.7. The van der Waals surface area contributed by atoms with Gasteiger partial charge in [-0.1, -0.05) is 42.5 Å². The van der Waals surface area contributed by atoms with Gasteiger partial charge in [-0.05, 0) is 31.0 Å². The first-order valence-electron chi connectivity index (χ1n) is 9.58. The van der Waals surface area contributed by atoms with E-state index in [1.807, 2.05) is 60.7 Å². The lowest BCUT2D eigenvalue weighted by atomic mass is 10.0. The maximum atomic E-state index is 12.3. The van der Waals surface area contributed by atoms with Crippen molar-refractivity contribution in [1.82, 2.24) is 15.0 Å². The van der Waals surface area contributed by atoms with E-state index in [0.29, 0.717) is 17.2 Å². The van der Waals surface area contributed by atoms with Crippen LogP contribution in [0.1, 0.15) is 12.8 Å². The van der Waals surface area contributed by atoms with E-state index >= 15 is 0 Å². The van der Waals surface area contributed by atoms with Crippen LogP contribution in [0, 0.1) is 5.92 Å². The third-order valence-electron chi connectivity index (χ3n) is 5.04. The van der Waals surface area contributed by atoms with Crippen LogP contribution in [0.3, 0.4) is 0 Å². The van der Waals surface area contributed by atoms with Gasteiger partial charge in [0.15, 0.2) is 11.6 Å². The Hall–Kier alpha value is -3.80. The van der Waals surface area contributed by atoms with E-state index in [-0.39, 0.29) is 17.6 Å². The third kappa shape index (κ3) is 3.40. The maximum absolute atomic E-state index is 12.3. The number of nitrogens with two attached hydrogens (primary N) is 1. The summed E-state index contributed by atoms with van der Waals surface area (Å²) in [5.74, 6) is 0.527. The van der Waals surface area contributed by atoms with Crippen LogP contribution in [0.2, 0.25) is 0 Å². The molecule has 6 nitrogen and oxygen atoms in total. The minimum atomic E-state index is -0.0490. The Kier molecular flexibility index (Phi) is 4.17. The van der Waals surface area contributed by atoms with Crippen molar-refractivity contribution in [2.75, 3.05) is 11.1 Å². The normalized spacial score (nSPS) is 13.4. The molecule has 5 rings (SSSR count). The van der Waals surface area contributed by atoms with Crippen LogP contribution >= 0.6 is 0 Å². The van der Waals surface area contributed by atoms with Crippen molar-refractivity contribution in [2.45, 2.75) is 12.8 Å². The Morgan fingerprint density at radius 2 is 1.72 bits per heavy atom. The lowest BCUT2D eigenvalue weighted by Gasteiger charge is -2.14. The van der Waals surface area contributed by atoms with Crippen LogP contribution in [0.15, 0.2) is 66.9 Å². The fraction of sp³-hybridized carbons (Fsp3) is 0.130. The maximum Gasteiger partial charge on any atom is 0.228 e. The van der Waals surface area contributed by atoms with Crippen molar-refractivity contribution in [3.05, 3.63) is 66.9 Å². The summed E-state index contributed by atoms with van der Waals surface area (Å²) in [6.07, 6.45) is 3.59. The average molecular weight is 381 g/mol. The molecule has 29 heavy (non-hydrogen) atoms. The van der Waals surface area contributed by atoms with E-state index in [4.69, 9.17) is 10.7 Å². The van der Waals surface area contributed by atoms with Gasteiger partial charge in [-0.2, -0.15) is 0 Å². The molecule has 0 unspecified atom stereocenters. The highest BCUT2D eigenvalue weighted by atomic mass is 16.2. The third-order valence-corrected chi connectivity index (χ3v) is 5.04. The summed E-state index contributed by atoms with van der Waals surface area (Å²) < 4.78 is 0. The van der Waals surface area contributed by atoms with Gasteiger partial charge < -0.3 is 11.1 Å². The monoisotopic (exact) mass is 381 g/mol.